The van der Waals surface area contributed by atoms with Crippen molar-refractivity contribution in [2.24, 2.45) is 5.92 Å². The molecular formula is C12H17N3O2. The Kier molecular flexibility index (Phi) is 3.56. The lowest BCUT2D eigenvalue weighted by Gasteiger charge is -2.31. The molecule has 1 aromatic rings. The summed E-state index contributed by atoms with van der Waals surface area (Å²) in [6.45, 7) is 3.49. The third-order valence-corrected chi connectivity index (χ3v) is 3.02. The van der Waals surface area contributed by atoms with Crippen LogP contribution >= 0.6 is 0 Å². The molecule has 0 aromatic carbocycles. The van der Waals surface area contributed by atoms with Crippen LogP contribution in [-0.4, -0.2) is 36.1 Å². The largest absolute Gasteiger partial charge is 0.469 e. The lowest BCUT2D eigenvalue weighted by atomic mass is 9.98. The summed E-state index contributed by atoms with van der Waals surface area (Å²) in [5, 5.41) is 0. The minimum absolute atomic E-state index is 0.0575. The van der Waals surface area contributed by atoms with Crippen LogP contribution in [0.2, 0.25) is 0 Å². The predicted molar refractivity (Wildman–Crippen MR) is 63.7 cm³/mol. The molecule has 0 bridgehead atoms. The van der Waals surface area contributed by atoms with Gasteiger partial charge in [-0.05, 0) is 25.8 Å². The van der Waals surface area contributed by atoms with Crippen molar-refractivity contribution >= 4 is 11.9 Å². The number of carbonyl (C=O) groups is 1. The molecule has 1 aromatic heterocycles. The summed E-state index contributed by atoms with van der Waals surface area (Å²) in [4.78, 5) is 22.2. The molecule has 1 aliphatic heterocycles. The average Bonchev–Trinajstić information content (AvgIpc) is 2.38. The molecule has 2 heterocycles. The molecule has 0 radical (unpaired) electrons. The standard InChI is InChI=1S/C12H17N3O2/c1-9-5-6-13-12(14-9)15-7-3-4-10(8-15)11(16)17-2/h5-6,10H,3-4,7-8H2,1-2H3/t10-/m0/s1. The topological polar surface area (TPSA) is 55.3 Å². The van der Waals surface area contributed by atoms with Gasteiger partial charge in [0.05, 0.1) is 13.0 Å². The van der Waals surface area contributed by atoms with Crippen molar-refractivity contribution in [2.75, 3.05) is 25.1 Å². The molecule has 0 saturated carbocycles. The molecule has 0 unspecified atom stereocenters. The zero-order valence-corrected chi connectivity index (χ0v) is 10.2. The highest BCUT2D eigenvalue weighted by Gasteiger charge is 2.27. The summed E-state index contributed by atoms with van der Waals surface area (Å²) >= 11 is 0. The van der Waals surface area contributed by atoms with Crippen LogP contribution in [0.1, 0.15) is 18.5 Å². The number of esters is 1. The number of rotatable bonds is 2. The Morgan fingerprint density at radius 2 is 2.41 bits per heavy atom. The van der Waals surface area contributed by atoms with Crippen LogP contribution in [0, 0.1) is 12.8 Å². The van der Waals surface area contributed by atoms with Gasteiger partial charge in [0.2, 0.25) is 5.95 Å². The number of ether oxygens (including phenoxy) is 1. The molecule has 0 amide bonds. The number of nitrogens with zero attached hydrogens (tertiary/aromatic N) is 3. The second kappa shape index (κ2) is 5.12. The smallest absolute Gasteiger partial charge is 0.310 e. The molecule has 17 heavy (non-hydrogen) atoms. The first-order valence-electron chi connectivity index (χ1n) is 5.83. The highest BCUT2D eigenvalue weighted by molar-refractivity contribution is 5.73. The molecule has 0 aliphatic carbocycles. The van der Waals surface area contributed by atoms with Crippen LogP contribution in [0.5, 0.6) is 0 Å². The van der Waals surface area contributed by atoms with Crippen LogP contribution in [0.4, 0.5) is 5.95 Å². The van der Waals surface area contributed by atoms with Crippen LogP contribution < -0.4 is 4.90 Å². The van der Waals surface area contributed by atoms with E-state index in [1.807, 2.05) is 13.0 Å². The van der Waals surface area contributed by atoms with Gasteiger partial charge in [-0.3, -0.25) is 4.79 Å². The van der Waals surface area contributed by atoms with Crippen LogP contribution in [0.25, 0.3) is 0 Å². The molecule has 92 valence electrons. The first kappa shape index (κ1) is 11.8. The zero-order chi connectivity index (χ0) is 12.3. The van der Waals surface area contributed by atoms with E-state index in [9.17, 15) is 4.79 Å². The molecular weight excluding hydrogens is 218 g/mol. The number of hydrogen-bond acceptors (Lipinski definition) is 5. The first-order valence-corrected chi connectivity index (χ1v) is 5.83. The van der Waals surface area contributed by atoms with Gasteiger partial charge < -0.3 is 9.64 Å². The van der Waals surface area contributed by atoms with Crippen molar-refractivity contribution in [1.82, 2.24) is 9.97 Å². The van der Waals surface area contributed by atoms with E-state index in [1.165, 1.54) is 7.11 Å². The van der Waals surface area contributed by atoms with Crippen molar-refractivity contribution in [3.63, 3.8) is 0 Å². The van der Waals surface area contributed by atoms with Crippen molar-refractivity contribution < 1.29 is 9.53 Å². The van der Waals surface area contributed by atoms with E-state index in [4.69, 9.17) is 4.74 Å². The maximum atomic E-state index is 11.5. The number of aryl methyl sites for hydroxylation is 1. The van der Waals surface area contributed by atoms with Crippen molar-refractivity contribution in [2.45, 2.75) is 19.8 Å². The fraction of sp³-hybridized carbons (Fsp3) is 0.583. The van der Waals surface area contributed by atoms with Crippen LogP contribution in [-0.2, 0) is 9.53 Å². The predicted octanol–water partition coefficient (Wildman–Crippen LogP) is 1.17. The second-order valence-electron chi connectivity index (χ2n) is 4.31. The molecule has 2 rings (SSSR count). The maximum Gasteiger partial charge on any atom is 0.310 e. The van der Waals surface area contributed by atoms with E-state index in [1.54, 1.807) is 6.20 Å². The Bertz CT molecular complexity index is 408. The lowest BCUT2D eigenvalue weighted by molar-refractivity contribution is -0.145. The SMILES string of the molecule is COC(=O)[C@H]1CCCN(c2nccc(C)n2)C1. The van der Waals surface area contributed by atoms with Gasteiger partial charge in [-0.25, -0.2) is 9.97 Å². The van der Waals surface area contributed by atoms with E-state index in [2.05, 4.69) is 14.9 Å². The number of methoxy groups -OCH3 is 1. The highest BCUT2D eigenvalue weighted by atomic mass is 16.5. The summed E-state index contributed by atoms with van der Waals surface area (Å²) < 4.78 is 4.79. The van der Waals surface area contributed by atoms with Gasteiger partial charge in [0.15, 0.2) is 0 Å². The van der Waals surface area contributed by atoms with E-state index in [0.717, 1.165) is 25.1 Å². The summed E-state index contributed by atoms with van der Waals surface area (Å²) in [5.41, 5.74) is 0.940. The monoisotopic (exact) mass is 235 g/mol. The van der Waals surface area contributed by atoms with Gasteiger partial charge in [0, 0.05) is 25.0 Å². The van der Waals surface area contributed by atoms with Crippen LogP contribution in [0.15, 0.2) is 12.3 Å². The fourth-order valence-corrected chi connectivity index (χ4v) is 2.11. The molecule has 5 heteroatoms. The molecule has 1 fully saturated rings. The molecule has 5 nitrogen and oxygen atoms in total. The lowest BCUT2D eigenvalue weighted by Crippen LogP contribution is -2.40. The Morgan fingerprint density at radius 3 is 3.12 bits per heavy atom. The van der Waals surface area contributed by atoms with Gasteiger partial charge in [-0.1, -0.05) is 0 Å². The van der Waals surface area contributed by atoms with Gasteiger partial charge >= 0.3 is 5.97 Å². The quantitative estimate of drug-likeness (QED) is 0.720. The van der Waals surface area contributed by atoms with Crippen LogP contribution in [0.3, 0.4) is 0 Å². The zero-order valence-electron chi connectivity index (χ0n) is 10.2. The third-order valence-electron chi connectivity index (χ3n) is 3.02. The third kappa shape index (κ3) is 2.72. The summed E-state index contributed by atoms with van der Waals surface area (Å²) in [6, 6.07) is 1.87. The number of hydrogen-bond donors (Lipinski definition) is 0. The van der Waals surface area contributed by atoms with Crippen molar-refractivity contribution in [3.05, 3.63) is 18.0 Å². The molecule has 0 N–H and O–H groups in total. The van der Waals surface area contributed by atoms with Crippen molar-refractivity contribution in [3.8, 4) is 0 Å². The summed E-state index contributed by atoms with van der Waals surface area (Å²) in [5.74, 6) is 0.513. The van der Waals surface area contributed by atoms with E-state index in [-0.39, 0.29) is 11.9 Å². The average molecular weight is 235 g/mol. The molecule has 1 atom stereocenters. The number of carbonyl (C=O) groups excluding carboxylic acids is 1. The summed E-state index contributed by atoms with van der Waals surface area (Å²) in [6.07, 6.45) is 3.60. The first-order chi connectivity index (χ1) is 8.20. The van der Waals surface area contributed by atoms with E-state index in [0.29, 0.717) is 12.5 Å². The Balaban J connectivity index is 2.09. The fourth-order valence-electron chi connectivity index (χ4n) is 2.11. The maximum absolute atomic E-state index is 11.5. The number of piperidine rings is 1. The second-order valence-corrected chi connectivity index (χ2v) is 4.31. The number of anilines is 1. The Hall–Kier alpha value is -1.65. The highest BCUT2D eigenvalue weighted by Crippen LogP contribution is 2.21. The minimum Gasteiger partial charge on any atom is -0.469 e. The Morgan fingerprint density at radius 1 is 1.59 bits per heavy atom. The van der Waals surface area contributed by atoms with E-state index >= 15 is 0 Å². The molecule has 1 saturated heterocycles. The van der Waals surface area contributed by atoms with Gasteiger partial charge in [0.25, 0.3) is 0 Å². The molecule has 0 spiro atoms. The normalized spacial score (nSPS) is 20.1. The van der Waals surface area contributed by atoms with Crippen molar-refractivity contribution in [1.29, 1.82) is 0 Å². The van der Waals surface area contributed by atoms with E-state index < -0.39 is 0 Å². The number of aromatic nitrogens is 2. The van der Waals surface area contributed by atoms with Gasteiger partial charge in [-0.2, -0.15) is 0 Å². The minimum atomic E-state index is -0.137. The Labute approximate surface area is 101 Å². The summed E-state index contributed by atoms with van der Waals surface area (Å²) in [7, 11) is 1.43. The van der Waals surface area contributed by atoms with Gasteiger partial charge in [-0.15, -0.1) is 0 Å². The van der Waals surface area contributed by atoms with Gasteiger partial charge in [0.1, 0.15) is 0 Å². The molecule has 1 aliphatic rings.